The number of rotatable bonds is 13. The molecule has 1 aliphatic rings. The van der Waals surface area contributed by atoms with Crippen LogP contribution in [0, 0.1) is 11.8 Å². The summed E-state index contributed by atoms with van der Waals surface area (Å²) in [6.07, 6.45) is 2.44. The van der Waals surface area contributed by atoms with E-state index in [1.807, 2.05) is 37.3 Å². The van der Waals surface area contributed by atoms with Gasteiger partial charge in [0, 0.05) is 25.6 Å². The Hall–Kier alpha value is -3.62. The lowest BCUT2D eigenvalue weighted by molar-refractivity contribution is -0.159. The number of hydrogen-bond acceptors (Lipinski definition) is 9. The Labute approximate surface area is 204 Å². The van der Waals surface area contributed by atoms with Gasteiger partial charge in [0.2, 0.25) is 6.79 Å². The van der Waals surface area contributed by atoms with Gasteiger partial charge in [-0.15, -0.1) is 0 Å². The molecule has 0 aliphatic heterocycles. The number of esters is 2. The largest absolute Gasteiger partial charge is 0.493 e. The highest BCUT2D eigenvalue weighted by atomic mass is 16.7. The van der Waals surface area contributed by atoms with Gasteiger partial charge in [-0.1, -0.05) is 25.1 Å². The van der Waals surface area contributed by atoms with E-state index in [0.717, 1.165) is 12.8 Å². The second-order valence-corrected chi connectivity index (χ2v) is 8.49. The van der Waals surface area contributed by atoms with Crippen molar-refractivity contribution in [3.63, 3.8) is 0 Å². The third-order valence-corrected chi connectivity index (χ3v) is 5.58. The molecule has 1 saturated carbocycles. The van der Waals surface area contributed by atoms with Gasteiger partial charge in [0.15, 0.2) is 23.0 Å². The van der Waals surface area contributed by atoms with Crippen LogP contribution in [0.5, 0.6) is 17.2 Å². The van der Waals surface area contributed by atoms with Crippen molar-refractivity contribution in [3.8, 4) is 17.2 Å². The molecule has 2 aromatic rings. The molecule has 1 fully saturated rings. The number of methoxy groups -OCH3 is 1. The standard InChI is InChI=1S/C26H31NO8/c1-16(14-21(29)23-25(33-15-32-18(3)28)22(31-4)12-13-27-23)26(30)35-24(19-10-11-19)17(2)34-20-8-6-5-7-9-20/h5-9,12-13,16-17,19,24H,10-11,14-15H2,1-4H3/t16-,17+,24?/m1/s1. The highest BCUT2D eigenvalue weighted by Gasteiger charge is 2.40. The van der Waals surface area contributed by atoms with E-state index in [0.29, 0.717) is 5.75 Å². The average Bonchev–Trinajstić information content (AvgIpc) is 3.67. The van der Waals surface area contributed by atoms with E-state index < -0.39 is 36.5 Å². The number of ketones is 1. The number of aromatic nitrogens is 1. The molecule has 1 unspecified atom stereocenters. The molecule has 9 nitrogen and oxygen atoms in total. The summed E-state index contributed by atoms with van der Waals surface area (Å²) < 4.78 is 27.3. The summed E-state index contributed by atoms with van der Waals surface area (Å²) in [5.41, 5.74) is -0.0179. The van der Waals surface area contributed by atoms with Crippen LogP contribution in [-0.2, 0) is 19.1 Å². The van der Waals surface area contributed by atoms with Crippen LogP contribution in [0.4, 0.5) is 0 Å². The molecule has 9 heteroatoms. The zero-order valence-electron chi connectivity index (χ0n) is 20.4. The van der Waals surface area contributed by atoms with Gasteiger partial charge in [-0.05, 0) is 37.8 Å². The predicted molar refractivity (Wildman–Crippen MR) is 125 cm³/mol. The summed E-state index contributed by atoms with van der Waals surface area (Å²) in [5, 5.41) is 0. The van der Waals surface area contributed by atoms with Crippen LogP contribution in [0.25, 0.3) is 0 Å². The maximum atomic E-state index is 13.0. The second kappa shape index (κ2) is 12.2. The molecule has 188 valence electrons. The molecule has 0 bridgehead atoms. The molecular weight excluding hydrogens is 454 g/mol. The van der Waals surface area contributed by atoms with Gasteiger partial charge >= 0.3 is 11.9 Å². The van der Waals surface area contributed by atoms with E-state index in [4.69, 9.17) is 23.7 Å². The van der Waals surface area contributed by atoms with Crippen LogP contribution in [0.2, 0.25) is 0 Å². The minimum absolute atomic E-state index is 0.0179. The third-order valence-electron chi connectivity index (χ3n) is 5.58. The topological polar surface area (TPSA) is 110 Å². The molecular formula is C26H31NO8. The fourth-order valence-corrected chi connectivity index (χ4v) is 3.59. The van der Waals surface area contributed by atoms with Gasteiger partial charge < -0.3 is 23.7 Å². The number of hydrogen-bond donors (Lipinski definition) is 0. The van der Waals surface area contributed by atoms with Crippen molar-refractivity contribution in [1.29, 1.82) is 0 Å². The SMILES string of the molecule is COc1ccnc(C(=O)C[C@@H](C)C(=O)OC(C2CC2)[C@H](C)Oc2ccccc2)c1OCOC(C)=O. The van der Waals surface area contributed by atoms with E-state index in [9.17, 15) is 14.4 Å². The van der Waals surface area contributed by atoms with Gasteiger partial charge in [0.25, 0.3) is 0 Å². The quantitative estimate of drug-likeness (QED) is 0.236. The first kappa shape index (κ1) is 26.0. The molecule has 0 spiro atoms. The van der Waals surface area contributed by atoms with Crippen LogP contribution in [0.3, 0.4) is 0 Å². The van der Waals surface area contributed by atoms with E-state index in [1.165, 1.54) is 26.3 Å². The van der Waals surface area contributed by atoms with Crippen molar-refractivity contribution in [2.24, 2.45) is 11.8 Å². The van der Waals surface area contributed by atoms with Crippen molar-refractivity contribution < 1.29 is 38.1 Å². The fraction of sp³-hybridized carbons (Fsp3) is 0.462. The molecule has 3 rings (SSSR count). The first-order chi connectivity index (χ1) is 16.8. The number of pyridine rings is 1. The lowest BCUT2D eigenvalue weighted by Crippen LogP contribution is -2.37. The monoisotopic (exact) mass is 485 g/mol. The summed E-state index contributed by atoms with van der Waals surface area (Å²) in [5.74, 6) is -0.923. The molecule has 3 atom stereocenters. The predicted octanol–water partition coefficient (Wildman–Crippen LogP) is 3.99. The second-order valence-electron chi connectivity index (χ2n) is 8.49. The van der Waals surface area contributed by atoms with E-state index in [-0.39, 0.29) is 35.6 Å². The molecule has 1 aliphatic carbocycles. The van der Waals surface area contributed by atoms with Gasteiger partial charge in [0.1, 0.15) is 18.0 Å². The number of Topliss-reactive ketones (excluding diaryl/α,β-unsaturated/α-hetero) is 1. The average molecular weight is 486 g/mol. The molecule has 0 saturated heterocycles. The van der Waals surface area contributed by atoms with Crippen molar-refractivity contribution >= 4 is 17.7 Å². The Kier molecular flexibility index (Phi) is 9.05. The minimum Gasteiger partial charge on any atom is -0.493 e. The van der Waals surface area contributed by atoms with Gasteiger partial charge in [-0.3, -0.25) is 14.4 Å². The number of nitrogens with zero attached hydrogens (tertiary/aromatic N) is 1. The Morgan fingerprint density at radius 1 is 1.09 bits per heavy atom. The number of carbonyl (C=O) groups is 3. The van der Waals surface area contributed by atoms with Gasteiger partial charge in [-0.2, -0.15) is 0 Å². The maximum Gasteiger partial charge on any atom is 0.309 e. The molecule has 0 N–H and O–H groups in total. The molecule has 1 heterocycles. The smallest absolute Gasteiger partial charge is 0.309 e. The van der Waals surface area contributed by atoms with E-state index >= 15 is 0 Å². The normalized spacial score (nSPS) is 15.3. The summed E-state index contributed by atoms with van der Waals surface area (Å²) in [4.78, 5) is 41.1. The lowest BCUT2D eigenvalue weighted by Gasteiger charge is -2.26. The highest BCUT2D eigenvalue weighted by Crippen LogP contribution is 2.37. The van der Waals surface area contributed by atoms with Crippen LogP contribution in [0.15, 0.2) is 42.6 Å². The van der Waals surface area contributed by atoms with Crippen molar-refractivity contribution in [2.45, 2.75) is 52.2 Å². The van der Waals surface area contributed by atoms with Crippen LogP contribution in [0.1, 0.15) is 50.5 Å². The maximum absolute atomic E-state index is 13.0. The Morgan fingerprint density at radius 2 is 1.80 bits per heavy atom. The highest BCUT2D eigenvalue weighted by molar-refractivity contribution is 5.99. The van der Waals surface area contributed by atoms with Crippen LogP contribution >= 0.6 is 0 Å². The number of carbonyl (C=O) groups excluding carboxylic acids is 3. The van der Waals surface area contributed by atoms with Crippen molar-refractivity contribution in [2.75, 3.05) is 13.9 Å². The van der Waals surface area contributed by atoms with Gasteiger partial charge in [0.05, 0.1) is 13.0 Å². The van der Waals surface area contributed by atoms with Crippen LogP contribution in [-0.4, -0.2) is 48.8 Å². The molecule has 0 amide bonds. The summed E-state index contributed by atoms with van der Waals surface area (Å²) in [7, 11) is 1.42. The van der Waals surface area contributed by atoms with Crippen molar-refractivity contribution in [3.05, 3.63) is 48.3 Å². The third kappa shape index (κ3) is 7.43. The minimum atomic E-state index is -0.720. The zero-order chi connectivity index (χ0) is 25.4. The molecule has 0 radical (unpaired) electrons. The number of ether oxygens (including phenoxy) is 5. The number of benzene rings is 1. The molecule has 35 heavy (non-hydrogen) atoms. The van der Waals surface area contributed by atoms with Crippen LogP contribution < -0.4 is 14.2 Å². The first-order valence-electron chi connectivity index (χ1n) is 11.5. The summed E-state index contributed by atoms with van der Waals surface area (Å²) in [6, 6.07) is 10.9. The van der Waals surface area contributed by atoms with E-state index in [2.05, 4.69) is 4.98 Å². The number of para-hydroxylation sites is 1. The molecule has 1 aromatic heterocycles. The Balaban J connectivity index is 1.64. The Bertz CT molecular complexity index is 1020. The summed E-state index contributed by atoms with van der Waals surface area (Å²) in [6.45, 7) is 4.35. The lowest BCUT2D eigenvalue weighted by atomic mass is 10.0. The Morgan fingerprint density at radius 3 is 2.43 bits per heavy atom. The fourth-order valence-electron chi connectivity index (χ4n) is 3.59. The molecule has 1 aromatic carbocycles. The van der Waals surface area contributed by atoms with E-state index in [1.54, 1.807) is 6.92 Å². The summed E-state index contributed by atoms with van der Waals surface area (Å²) >= 11 is 0. The zero-order valence-corrected chi connectivity index (χ0v) is 20.4. The van der Waals surface area contributed by atoms with Gasteiger partial charge in [-0.25, -0.2) is 4.98 Å². The first-order valence-corrected chi connectivity index (χ1v) is 11.5. The van der Waals surface area contributed by atoms with Crippen molar-refractivity contribution in [1.82, 2.24) is 4.98 Å².